The predicted molar refractivity (Wildman–Crippen MR) is 73.5 cm³/mol. The Labute approximate surface area is 111 Å². The van der Waals surface area contributed by atoms with Crippen LogP contribution in [0.15, 0.2) is 0 Å². The maximum Gasteiger partial charge on any atom is 0.224 e. The van der Waals surface area contributed by atoms with Gasteiger partial charge in [0, 0.05) is 51.2 Å². The average molecular weight is 253 g/mol. The first-order chi connectivity index (χ1) is 8.50. The molecule has 0 aromatic carbocycles. The minimum atomic E-state index is -0.0167. The standard InChI is InChI=1S/C14H27N3O/c1-14(2,17-9-7-15-8-10-17)11-13(18)16(3)12-5-4-6-12/h12,15H,4-11H2,1-3H3. The number of piperazine rings is 1. The van der Waals surface area contributed by atoms with Gasteiger partial charge in [-0.15, -0.1) is 0 Å². The number of hydrogen-bond donors (Lipinski definition) is 1. The molecule has 0 bridgehead atoms. The van der Waals surface area contributed by atoms with Crippen molar-refractivity contribution in [3.05, 3.63) is 0 Å². The summed E-state index contributed by atoms with van der Waals surface area (Å²) in [5.74, 6) is 0.309. The van der Waals surface area contributed by atoms with E-state index in [4.69, 9.17) is 0 Å². The van der Waals surface area contributed by atoms with Gasteiger partial charge < -0.3 is 10.2 Å². The van der Waals surface area contributed by atoms with Crippen molar-refractivity contribution >= 4 is 5.91 Å². The lowest BCUT2D eigenvalue weighted by Crippen LogP contribution is -2.55. The first-order valence-corrected chi connectivity index (χ1v) is 7.22. The normalized spacial score (nSPS) is 22.6. The van der Waals surface area contributed by atoms with Crippen LogP contribution in [0.3, 0.4) is 0 Å². The molecule has 1 N–H and O–H groups in total. The van der Waals surface area contributed by atoms with Gasteiger partial charge >= 0.3 is 0 Å². The number of hydrogen-bond acceptors (Lipinski definition) is 3. The van der Waals surface area contributed by atoms with Gasteiger partial charge in [-0.3, -0.25) is 9.69 Å². The van der Waals surface area contributed by atoms with Gasteiger partial charge in [-0.2, -0.15) is 0 Å². The second-order valence-electron chi connectivity index (χ2n) is 6.32. The Morgan fingerprint density at radius 3 is 2.44 bits per heavy atom. The Morgan fingerprint density at radius 1 is 1.33 bits per heavy atom. The highest BCUT2D eigenvalue weighted by molar-refractivity contribution is 5.77. The molecular formula is C14H27N3O. The van der Waals surface area contributed by atoms with Crippen molar-refractivity contribution in [3.8, 4) is 0 Å². The van der Waals surface area contributed by atoms with E-state index >= 15 is 0 Å². The van der Waals surface area contributed by atoms with Crippen LogP contribution >= 0.6 is 0 Å². The number of carbonyl (C=O) groups is 1. The molecule has 1 heterocycles. The van der Waals surface area contributed by atoms with Gasteiger partial charge in [-0.1, -0.05) is 0 Å². The second-order valence-corrected chi connectivity index (χ2v) is 6.32. The van der Waals surface area contributed by atoms with Crippen LogP contribution < -0.4 is 5.32 Å². The zero-order valence-electron chi connectivity index (χ0n) is 12.0. The Bertz CT molecular complexity index is 293. The van der Waals surface area contributed by atoms with Crippen LogP contribution in [0.1, 0.15) is 39.5 Å². The van der Waals surface area contributed by atoms with Crippen molar-refractivity contribution in [1.82, 2.24) is 15.1 Å². The fourth-order valence-corrected chi connectivity index (χ4v) is 2.85. The second kappa shape index (κ2) is 5.57. The minimum absolute atomic E-state index is 0.0167. The molecule has 4 heteroatoms. The number of amides is 1. The molecule has 18 heavy (non-hydrogen) atoms. The van der Waals surface area contributed by atoms with Gasteiger partial charge in [-0.05, 0) is 33.1 Å². The van der Waals surface area contributed by atoms with Crippen molar-refractivity contribution in [3.63, 3.8) is 0 Å². The van der Waals surface area contributed by atoms with Crippen molar-refractivity contribution < 1.29 is 4.79 Å². The highest BCUT2D eigenvalue weighted by Crippen LogP contribution is 2.26. The van der Waals surface area contributed by atoms with E-state index < -0.39 is 0 Å². The van der Waals surface area contributed by atoms with Gasteiger partial charge in [0.2, 0.25) is 5.91 Å². The molecule has 0 aromatic rings. The smallest absolute Gasteiger partial charge is 0.224 e. The summed E-state index contributed by atoms with van der Waals surface area (Å²) in [5.41, 5.74) is -0.0167. The third-order valence-electron chi connectivity index (χ3n) is 4.57. The van der Waals surface area contributed by atoms with E-state index in [-0.39, 0.29) is 5.54 Å². The zero-order valence-corrected chi connectivity index (χ0v) is 12.0. The molecular weight excluding hydrogens is 226 g/mol. The van der Waals surface area contributed by atoms with Crippen LogP contribution in [0.2, 0.25) is 0 Å². The molecule has 2 fully saturated rings. The monoisotopic (exact) mass is 253 g/mol. The summed E-state index contributed by atoms with van der Waals surface area (Å²) >= 11 is 0. The van der Waals surface area contributed by atoms with Gasteiger partial charge in [0.1, 0.15) is 0 Å². The highest BCUT2D eigenvalue weighted by Gasteiger charge is 2.33. The zero-order chi connectivity index (χ0) is 13.2. The van der Waals surface area contributed by atoms with E-state index in [0.29, 0.717) is 18.4 Å². The van der Waals surface area contributed by atoms with Crippen LogP contribution in [0.4, 0.5) is 0 Å². The SMILES string of the molecule is CN(C(=O)CC(C)(C)N1CCNCC1)C1CCC1. The van der Waals surface area contributed by atoms with Gasteiger partial charge in [0.25, 0.3) is 0 Å². The topological polar surface area (TPSA) is 35.6 Å². The summed E-state index contributed by atoms with van der Waals surface area (Å²) < 4.78 is 0. The van der Waals surface area contributed by atoms with E-state index in [1.807, 2.05) is 11.9 Å². The number of carbonyl (C=O) groups excluding carboxylic acids is 1. The molecule has 0 atom stereocenters. The Kier molecular flexibility index (Phi) is 4.28. The van der Waals surface area contributed by atoms with Gasteiger partial charge in [-0.25, -0.2) is 0 Å². The summed E-state index contributed by atoms with van der Waals surface area (Å²) in [6.07, 6.45) is 4.30. The highest BCUT2D eigenvalue weighted by atomic mass is 16.2. The molecule has 1 aliphatic heterocycles. The Morgan fingerprint density at radius 2 is 1.94 bits per heavy atom. The van der Waals surface area contributed by atoms with Crippen LogP contribution in [-0.4, -0.2) is 60.5 Å². The predicted octanol–water partition coefficient (Wildman–Crippen LogP) is 1.07. The van der Waals surface area contributed by atoms with Crippen molar-refractivity contribution in [2.45, 2.75) is 51.1 Å². The van der Waals surface area contributed by atoms with Crippen molar-refractivity contribution in [1.29, 1.82) is 0 Å². The molecule has 1 saturated carbocycles. The maximum absolute atomic E-state index is 12.3. The molecule has 0 spiro atoms. The van der Waals surface area contributed by atoms with Crippen molar-refractivity contribution in [2.75, 3.05) is 33.2 Å². The summed E-state index contributed by atoms with van der Waals surface area (Å²) in [6, 6.07) is 0.510. The molecule has 2 rings (SSSR count). The molecule has 1 aliphatic carbocycles. The quantitative estimate of drug-likeness (QED) is 0.814. The van der Waals surface area contributed by atoms with Crippen LogP contribution in [-0.2, 0) is 4.79 Å². The molecule has 0 radical (unpaired) electrons. The molecule has 0 unspecified atom stereocenters. The van der Waals surface area contributed by atoms with Crippen LogP contribution in [0, 0.1) is 0 Å². The van der Waals surface area contributed by atoms with E-state index in [9.17, 15) is 4.79 Å². The molecule has 104 valence electrons. The molecule has 4 nitrogen and oxygen atoms in total. The Balaban J connectivity index is 1.87. The van der Waals surface area contributed by atoms with Crippen molar-refractivity contribution in [2.24, 2.45) is 0 Å². The van der Waals surface area contributed by atoms with E-state index in [1.165, 1.54) is 19.3 Å². The fraction of sp³-hybridized carbons (Fsp3) is 0.929. The number of nitrogens with one attached hydrogen (secondary N) is 1. The maximum atomic E-state index is 12.3. The number of rotatable bonds is 4. The number of nitrogens with zero attached hydrogens (tertiary/aromatic N) is 2. The third-order valence-corrected chi connectivity index (χ3v) is 4.57. The third kappa shape index (κ3) is 3.04. The van der Waals surface area contributed by atoms with Crippen LogP contribution in [0.5, 0.6) is 0 Å². The molecule has 0 aromatic heterocycles. The lowest BCUT2D eigenvalue weighted by molar-refractivity contribution is -0.136. The molecule has 1 saturated heterocycles. The summed E-state index contributed by atoms with van der Waals surface area (Å²) in [6.45, 7) is 8.57. The molecule has 1 amide bonds. The van der Waals surface area contributed by atoms with E-state index in [1.54, 1.807) is 0 Å². The van der Waals surface area contributed by atoms with E-state index in [2.05, 4.69) is 24.1 Å². The fourth-order valence-electron chi connectivity index (χ4n) is 2.85. The lowest BCUT2D eigenvalue weighted by Gasteiger charge is -2.43. The van der Waals surface area contributed by atoms with Crippen LogP contribution in [0.25, 0.3) is 0 Å². The largest absolute Gasteiger partial charge is 0.343 e. The summed E-state index contributed by atoms with van der Waals surface area (Å²) in [7, 11) is 1.97. The van der Waals surface area contributed by atoms with E-state index in [0.717, 1.165) is 26.2 Å². The van der Waals surface area contributed by atoms with Gasteiger partial charge in [0.15, 0.2) is 0 Å². The van der Waals surface area contributed by atoms with Gasteiger partial charge in [0.05, 0.1) is 0 Å². The Hall–Kier alpha value is -0.610. The minimum Gasteiger partial charge on any atom is -0.343 e. The lowest BCUT2D eigenvalue weighted by atomic mass is 9.90. The summed E-state index contributed by atoms with van der Waals surface area (Å²) in [4.78, 5) is 16.7. The first kappa shape index (κ1) is 13.8. The summed E-state index contributed by atoms with van der Waals surface area (Å²) in [5, 5.41) is 3.36. The average Bonchev–Trinajstić information content (AvgIpc) is 2.27. The molecule has 2 aliphatic rings. The first-order valence-electron chi connectivity index (χ1n) is 7.22.